The standard InChI is InChI=1S/C13H14N2S/c1-16-13-8-12(14-15-13)11-7-10(11)9-5-3-2-4-6-9/h2-6,8,10-11H,7H2,1H3,(H,14,15). The van der Waals surface area contributed by atoms with Gasteiger partial charge >= 0.3 is 0 Å². The van der Waals surface area contributed by atoms with Crippen molar-refractivity contribution in [1.29, 1.82) is 0 Å². The molecule has 0 spiro atoms. The minimum absolute atomic E-state index is 0.649. The van der Waals surface area contributed by atoms with Crippen LogP contribution in [0.15, 0.2) is 41.4 Å². The fourth-order valence-electron chi connectivity index (χ4n) is 2.22. The Labute approximate surface area is 99.5 Å². The predicted octanol–water partition coefficient (Wildman–Crippen LogP) is 3.40. The summed E-state index contributed by atoms with van der Waals surface area (Å²) in [7, 11) is 0. The zero-order valence-electron chi connectivity index (χ0n) is 9.18. The Bertz CT molecular complexity index is 478. The Balaban J connectivity index is 1.76. The molecule has 1 fully saturated rings. The Morgan fingerprint density at radius 1 is 1.25 bits per heavy atom. The molecule has 2 aromatic rings. The fourth-order valence-corrected chi connectivity index (χ4v) is 2.60. The average Bonchev–Trinajstić information content (AvgIpc) is 3.01. The lowest BCUT2D eigenvalue weighted by Gasteiger charge is -1.97. The zero-order valence-corrected chi connectivity index (χ0v) is 10.00. The van der Waals surface area contributed by atoms with Crippen molar-refractivity contribution in [3.05, 3.63) is 47.7 Å². The Kier molecular flexibility index (Phi) is 2.48. The van der Waals surface area contributed by atoms with E-state index in [1.165, 1.54) is 17.7 Å². The van der Waals surface area contributed by atoms with Gasteiger partial charge in [-0.25, -0.2) is 0 Å². The summed E-state index contributed by atoms with van der Waals surface area (Å²) in [5.41, 5.74) is 2.74. The minimum atomic E-state index is 0.649. The molecule has 82 valence electrons. The molecule has 0 amide bonds. The maximum Gasteiger partial charge on any atom is 0.118 e. The van der Waals surface area contributed by atoms with E-state index in [1.54, 1.807) is 11.8 Å². The van der Waals surface area contributed by atoms with Crippen LogP contribution in [0.1, 0.15) is 29.5 Å². The van der Waals surface area contributed by atoms with Gasteiger partial charge in [-0.2, -0.15) is 5.10 Å². The molecule has 0 radical (unpaired) electrons. The maximum atomic E-state index is 4.26. The van der Waals surface area contributed by atoms with E-state index in [1.807, 2.05) is 0 Å². The van der Waals surface area contributed by atoms with Crippen molar-refractivity contribution in [3.63, 3.8) is 0 Å². The van der Waals surface area contributed by atoms with Gasteiger partial charge < -0.3 is 0 Å². The Hall–Kier alpha value is -1.22. The first-order valence-corrected chi connectivity index (χ1v) is 6.75. The second kappa shape index (κ2) is 3.98. The van der Waals surface area contributed by atoms with Gasteiger partial charge in [0.2, 0.25) is 0 Å². The maximum absolute atomic E-state index is 4.26. The summed E-state index contributed by atoms with van der Waals surface area (Å²) in [6, 6.07) is 12.9. The van der Waals surface area contributed by atoms with E-state index < -0.39 is 0 Å². The number of aromatic nitrogens is 2. The molecule has 1 saturated carbocycles. The Morgan fingerprint density at radius 2 is 2.06 bits per heavy atom. The second-order valence-corrected chi connectivity index (χ2v) is 5.05. The van der Waals surface area contributed by atoms with Crippen LogP contribution in [0, 0.1) is 0 Å². The first-order chi connectivity index (χ1) is 7.88. The molecule has 1 aliphatic carbocycles. The molecule has 1 N–H and O–H groups in total. The topological polar surface area (TPSA) is 28.7 Å². The lowest BCUT2D eigenvalue weighted by molar-refractivity contribution is 0.916. The van der Waals surface area contributed by atoms with Crippen LogP contribution in [0.5, 0.6) is 0 Å². The summed E-state index contributed by atoms with van der Waals surface area (Å²) >= 11 is 1.69. The van der Waals surface area contributed by atoms with Crippen molar-refractivity contribution in [2.75, 3.05) is 6.26 Å². The lowest BCUT2D eigenvalue weighted by Crippen LogP contribution is -1.84. The van der Waals surface area contributed by atoms with E-state index in [4.69, 9.17) is 0 Å². The summed E-state index contributed by atoms with van der Waals surface area (Å²) in [6.45, 7) is 0. The van der Waals surface area contributed by atoms with Crippen molar-refractivity contribution < 1.29 is 0 Å². The molecule has 2 unspecified atom stereocenters. The molecule has 0 saturated heterocycles. The molecule has 1 aliphatic rings. The highest BCUT2D eigenvalue weighted by molar-refractivity contribution is 7.98. The van der Waals surface area contributed by atoms with Gasteiger partial charge in [-0.3, -0.25) is 5.10 Å². The molecule has 2 nitrogen and oxygen atoms in total. The highest BCUT2D eigenvalue weighted by Gasteiger charge is 2.40. The van der Waals surface area contributed by atoms with E-state index in [-0.39, 0.29) is 0 Å². The van der Waals surface area contributed by atoms with E-state index in [0.29, 0.717) is 11.8 Å². The molecular weight excluding hydrogens is 216 g/mol. The van der Waals surface area contributed by atoms with Crippen LogP contribution in [0.4, 0.5) is 0 Å². The van der Waals surface area contributed by atoms with Crippen molar-refractivity contribution in [3.8, 4) is 0 Å². The monoisotopic (exact) mass is 230 g/mol. The SMILES string of the molecule is CSc1cc(C2CC2c2ccccc2)[nH]n1. The van der Waals surface area contributed by atoms with E-state index in [9.17, 15) is 0 Å². The number of thioether (sulfide) groups is 1. The van der Waals surface area contributed by atoms with Crippen molar-refractivity contribution in [2.45, 2.75) is 23.3 Å². The van der Waals surface area contributed by atoms with Crippen LogP contribution < -0.4 is 0 Å². The van der Waals surface area contributed by atoms with Crippen LogP contribution in [0.2, 0.25) is 0 Å². The molecule has 1 heterocycles. The van der Waals surface area contributed by atoms with Gasteiger partial charge in [-0.15, -0.1) is 11.8 Å². The number of hydrogen-bond acceptors (Lipinski definition) is 2. The largest absolute Gasteiger partial charge is 0.281 e. The van der Waals surface area contributed by atoms with E-state index >= 15 is 0 Å². The smallest absolute Gasteiger partial charge is 0.118 e. The third kappa shape index (κ3) is 1.76. The molecule has 0 bridgehead atoms. The number of hydrogen-bond donors (Lipinski definition) is 1. The normalized spacial score (nSPS) is 23.3. The zero-order chi connectivity index (χ0) is 11.0. The number of aromatic amines is 1. The fraction of sp³-hybridized carbons (Fsp3) is 0.308. The first-order valence-electron chi connectivity index (χ1n) is 5.52. The molecule has 3 heteroatoms. The summed E-state index contributed by atoms with van der Waals surface area (Å²) in [5, 5.41) is 8.50. The van der Waals surface area contributed by atoms with Crippen molar-refractivity contribution in [1.82, 2.24) is 10.2 Å². The molecule has 1 aromatic carbocycles. The van der Waals surface area contributed by atoms with E-state index in [2.05, 4.69) is 52.9 Å². The summed E-state index contributed by atoms with van der Waals surface area (Å²) in [5.74, 6) is 1.34. The molecular formula is C13H14N2S. The Morgan fingerprint density at radius 3 is 2.75 bits per heavy atom. The number of nitrogens with one attached hydrogen (secondary N) is 1. The number of rotatable bonds is 3. The second-order valence-electron chi connectivity index (χ2n) is 4.23. The molecule has 16 heavy (non-hydrogen) atoms. The summed E-state index contributed by atoms with van der Waals surface area (Å²) in [6.07, 6.45) is 3.31. The van der Waals surface area contributed by atoms with Crippen LogP contribution in [0.3, 0.4) is 0 Å². The molecule has 0 aliphatic heterocycles. The third-order valence-corrected chi connectivity index (χ3v) is 3.83. The van der Waals surface area contributed by atoms with Crippen molar-refractivity contribution >= 4 is 11.8 Å². The minimum Gasteiger partial charge on any atom is -0.281 e. The van der Waals surface area contributed by atoms with Gasteiger partial charge in [0.05, 0.1) is 0 Å². The molecule has 2 atom stereocenters. The first kappa shape index (κ1) is 9.97. The summed E-state index contributed by atoms with van der Waals surface area (Å²) in [4.78, 5) is 0. The highest BCUT2D eigenvalue weighted by atomic mass is 32.2. The van der Waals surface area contributed by atoms with E-state index in [0.717, 1.165) is 5.03 Å². The quantitative estimate of drug-likeness (QED) is 0.819. The van der Waals surface area contributed by atoms with Gasteiger partial charge in [0.25, 0.3) is 0 Å². The molecule has 3 rings (SSSR count). The van der Waals surface area contributed by atoms with Gasteiger partial charge in [-0.05, 0) is 30.2 Å². The van der Waals surface area contributed by atoms with Gasteiger partial charge in [0.1, 0.15) is 5.03 Å². The van der Waals surface area contributed by atoms with Crippen LogP contribution in [-0.2, 0) is 0 Å². The van der Waals surface area contributed by atoms with Gasteiger partial charge in [-0.1, -0.05) is 30.3 Å². The predicted molar refractivity (Wildman–Crippen MR) is 66.9 cm³/mol. The van der Waals surface area contributed by atoms with Crippen LogP contribution >= 0.6 is 11.8 Å². The summed E-state index contributed by atoms with van der Waals surface area (Å²) < 4.78 is 0. The number of nitrogens with zero attached hydrogens (tertiary/aromatic N) is 1. The third-order valence-electron chi connectivity index (χ3n) is 3.20. The number of benzene rings is 1. The van der Waals surface area contributed by atoms with Gasteiger partial charge in [0.15, 0.2) is 0 Å². The molecule has 1 aromatic heterocycles. The number of H-pyrrole nitrogens is 1. The highest BCUT2D eigenvalue weighted by Crippen LogP contribution is 2.54. The van der Waals surface area contributed by atoms with Gasteiger partial charge in [0, 0.05) is 11.6 Å². The van der Waals surface area contributed by atoms with Crippen LogP contribution in [-0.4, -0.2) is 16.5 Å². The lowest BCUT2D eigenvalue weighted by atomic mass is 10.1. The van der Waals surface area contributed by atoms with Crippen molar-refractivity contribution in [2.24, 2.45) is 0 Å². The van der Waals surface area contributed by atoms with Crippen LogP contribution in [0.25, 0.3) is 0 Å². The average molecular weight is 230 g/mol.